The van der Waals surface area contributed by atoms with Crippen molar-refractivity contribution in [3.63, 3.8) is 0 Å². The number of ether oxygens (including phenoxy) is 3. The molecule has 0 aliphatic rings. The minimum Gasteiger partial charge on any atom is -0.507 e. The molecule has 0 aliphatic carbocycles. The fraction of sp³-hybridized carbons (Fsp3) is 0.222. The number of ketones is 1. The molecule has 2 rings (SSSR count). The molecule has 0 amide bonds. The molecule has 126 valence electrons. The number of phenols is 1. The van der Waals surface area contributed by atoms with E-state index in [0.29, 0.717) is 22.6 Å². The van der Waals surface area contributed by atoms with Crippen molar-refractivity contribution in [2.75, 3.05) is 14.2 Å². The van der Waals surface area contributed by atoms with Crippen molar-refractivity contribution in [2.24, 2.45) is 0 Å². The molecule has 0 saturated heterocycles. The van der Waals surface area contributed by atoms with Gasteiger partial charge < -0.3 is 19.3 Å². The first-order chi connectivity index (χ1) is 11.5. The van der Waals surface area contributed by atoms with Gasteiger partial charge in [0.05, 0.1) is 14.2 Å². The Morgan fingerprint density at radius 3 is 2.38 bits per heavy atom. The molecule has 0 fully saturated rings. The predicted molar refractivity (Wildman–Crippen MR) is 86.8 cm³/mol. The number of carbonyl (C=O) groups excluding carboxylic acids is 2. The van der Waals surface area contributed by atoms with Gasteiger partial charge in [0.25, 0.3) is 0 Å². The number of phenolic OH excluding ortho intramolecular Hbond substituents is 1. The van der Waals surface area contributed by atoms with Crippen LogP contribution in [0.4, 0.5) is 0 Å². The molecule has 1 N–H and O–H groups in total. The summed E-state index contributed by atoms with van der Waals surface area (Å²) in [7, 11) is 2.95. The topological polar surface area (TPSA) is 82.1 Å². The Hall–Kier alpha value is -3.02. The Morgan fingerprint density at radius 2 is 1.79 bits per heavy atom. The summed E-state index contributed by atoms with van der Waals surface area (Å²) in [4.78, 5) is 23.6. The minimum atomic E-state index is -0.689. The van der Waals surface area contributed by atoms with Gasteiger partial charge in [0.1, 0.15) is 29.4 Å². The summed E-state index contributed by atoms with van der Waals surface area (Å²) >= 11 is 0. The second-order valence-corrected chi connectivity index (χ2v) is 5.04. The fourth-order valence-electron chi connectivity index (χ4n) is 2.14. The van der Waals surface area contributed by atoms with E-state index in [2.05, 4.69) is 0 Å². The van der Waals surface area contributed by atoms with Gasteiger partial charge in [0, 0.05) is 17.2 Å². The highest BCUT2D eigenvalue weighted by atomic mass is 16.5. The van der Waals surface area contributed by atoms with E-state index in [-0.39, 0.29) is 23.7 Å². The van der Waals surface area contributed by atoms with Crippen LogP contribution in [0.25, 0.3) is 0 Å². The van der Waals surface area contributed by atoms with Crippen molar-refractivity contribution in [2.45, 2.75) is 13.5 Å². The van der Waals surface area contributed by atoms with Crippen molar-refractivity contribution in [3.8, 4) is 17.2 Å². The third kappa shape index (κ3) is 3.84. The predicted octanol–water partition coefficient (Wildman–Crippen LogP) is 2.97. The Bertz CT molecular complexity index is 766. The second kappa shape index (κ2) is 7.50. The molecular formula is C18H18O6. The van der Waals surface area contributed by atoms with Crippen LogP contribution in [0.15, 0.2) is 36.4 Å². The van der Waals surface area contributed by atoms with E-state index in [9.17, 15) is 14.7 Å². The average molecular weight is 330 g/mol. The first-order valence-corrected chi connectivity index (χ1v) is 7.18. The van der Waals surface area contributed by atoms with Crippen LogP contribution in [0.2, 0.25) is 0 Å². The fourth-order valence-corrected chi connectivity index (χ4v) is 2.14. The SMILES string of the molecule is COc1ccc(C(=O)OCc2cc(C(C)=O)ccc2OC)c(O)c1. The maximum atomic E-state index is 12.1. The number of carbonyl (C=O) groups is 2. The molecule has 0 radical (unpaired) electrons. The number of Topliss-reactive ketones (excluding diaryl/α,β-unsaturated/α-hetero) is 1. The zero-order chi connectivity index (χ0) is 17.7. The van der Waals surface area contributed by atoms with E-state index in [1.54, 1.807) is 24.3 Å². The van der Waals surface area contributed by atoms with E-state index in [1.165, 1.54) is 33.3 Å². The molecule has 2 aromatic rings. The van der Waals surface area contributed by atoms with Gasteiger partial charge >= 0.3 is 5.97 Å². The Labute approximate surface area is 139 Å². The van der Waals surface area contributed by atoms with Gasteiger partial charge in [-0.3, -0.25) is 4.79 Å². The monoisotopic (exact) mass is 330 g/mol. The Kier molecular flexibility index (Phi) is 5.42. The third-order valence-electron chi connectivity index (χ3n) is 3.47. The maximum Gasteiger partial charge on any atom is 0.342 e. The van der Waals surface area contributed by atoms with Crippen LogP contribution in [0.1, 0.15) is 33.2 Å². The van der Waals surface area contributed by atoms with E-state index in [4.69, 9.17) is 14.2 Å². The third-order valence-corrected chi connectivity index (χ3v) is 3.47. The van der Waals surface area contributed by atoms with Crippen LogP contribution >= 0.6 is 0 Å². The lowest BCUT2D eigenvalue weighted by Crippen LogP contribution is -2.07. The summed E-state index contributed by atoms with van der Waals surface area (Å²) in [5.74, 6) is -0.0844. The second-order valence-electron chi connectivity index (χ2n) is 5.04. The lowest BCUT2D eigenvalue weighted by atomic mass is 10.1. The van der Waals surface area contributed by atoms with Crippen molar-refractivity contribution >= 4 is 11.8 Å². The van der Waals surface area contributed by atoms with E-state index in [1.807, 2.05) is 0 Å². The zero-order valence-corrected chi connectivity index (χ0v) is 13.7. The summed E-state index contributed by atoms with van der Waals surface area (Å²) in [6, 6.07) is 9.19. The summed E-state index contributed by atoms with van der Waals surface area (Å²) in [5.41, 5.74) is 1.08. The number of aromatic hydroxyl groups is 1. The summed E-state index contributed by atoms with van der Waals surface area (Å²) in [5, 5.41) is 9.86. The van der Waals surface area contributed by atoms with Crippen LogP contribution < -0.4 is 9.47 Å². The Morgan fingerprint density at radius 1 is 1.04 bits per heavy atom. The molecular weight excluding hydrogens is 312 g/mol. The quantitative estimate of drug-likeness (QED) is 0.648. The van der Waals surface area contributed by atoms with Crippen LogP contribution in [-0.4, -0.2) is 31.1 Å². The minimum absolute atomic E-state index is 0.0255. The maximum absolute atomic E-state index is 12.1. The van der Waals surface area contributed by atoms with Crippen molar-refractivity contribution in [1.82, 2.24) is 0 Å². The first kappa shape index (κ1) is 17.3. The lowest BCUT2D eigenvalue weighted by Gasteiger charge is -2.11. The lowest BCUT2D eigenvalue weighted by molar-refractivity contribution is 0.0467. The van der Waals surface area contributed by atoms with Gasteiger partial charge in [-0.2, -0.15) is 0 Å². The highest BCUT2D eigenvalue weighted by Crippen LogP contribution is 2.26. The largest absolute Gasteiger partial charge is 0.507 e. The van der Waals surface area contributed by atoms with Crippen LogP contribution in [0.3, 0.4) is 0 Å². The molecule has 0 bridgehead atoms. The van der Waals surface area contributed by atoms with Gasteiger partial charge in [-0.1, -0.05) is 0 Å². The van der Waals surface area contributed by atoms with Crippen LogP contribution in [0.5, 0.6) is 17.2 Å². The Balaban J connectivity index is 2.16. The van der Waals surface area contributed by atoms with Gasteiger partial charge in [-0.15, -0.1) is 0 Å². The highest BCUT2D eigenvalue weighted by Gasteiger charge is 2.15. The smallest absolute Gasteiger partial charge is 0.342 e. The molecule has 6 nitrogen and oxygen atoms in total. The first-order valence-electron chi connectivity index (χ1n) is 7.18. The van der Waals surface area contributed by atoms with Gasteiger partial charge in [0.2, 0.25) is 0 Å². The molecule has 24 heavy (non-hydrogen) atoms. The molecule has 0 spiro atoms. The van der Waals surface area contributed by atoms with Crippen LogP contribution in [-0.2, 0) is 11.3 Å². The van der Waals surface area contributed by atoms with Crippen LogP contribution in [0, 0.1) is 0 Å². The van der Waals surface area contributed by atoms with E-state index >= 15 is 0 Å². The molecule has 0 heterocycles. The number of esters is 1. The molecule has 0 aliphatic heterocycles. The molecule has 0 unspecified atom stereocenters. The number of methoxy groups -OCH3 is 2. The molecule has 6 heteroatoms. The van der Waals surface area contributed by atoms with Crippen molar-refractivity contribution in [3.05, 3.63) is 53.1 Å². The number of rotatable bonds is 6. The molecule has 2 aromatic carbocycles. The van der Waals surface area contributed by atoms with Crippen molar-refractivity contribution < 1.29 is 28.9 Å². The summed E-state index contributed by atoms with van der Waals surface area (Å²) in [6.45, 7) is 1.36. The summed E-state index contributed by atoms with van der Waals surface area (Å²) in [6.07, 6.45) is 0. The molecule has 0 atom stereocenters. The number of hydrogen-bond acceptors (Lipinski definition) is 6. The number of hydrogen-bond donors (Lipinski definition) is 1. The normalized spacial score (nSPS) is 10.1. The number of benzene rings is 2. The van der Waals surface area contributed by atoms with E-state index in [0.717, 1.165) is 0 Å². The molecule has 0 saturated carbocycles. The van der Waals surface area contributed by atoms with Gasteiger partial charge in [-0.25, -0.2) is 4.79 Å². The zero-order valence-electron chi connectivity index (χ0n) is 13.7. The van der Waals surface area contributed by atoms with Gasteiger partial charge in [-0.05, 0) is 37.3 Å². The standard InChI is InChI=1S/C18H18O6/c1-11(19)12-4-7-17(23-3)13(8-12)10-24-18(21)15-6-5-14(22-2)9-16(15)20/h4-9,20H,10H2,1-3H3. The summed E-state index contributed by atoms with van der Waals surface area (Å²) < 4.78 is 15.4. The average Bonchev–Trinajstić information content (AvgIpc) is 2.59. The van der Waals surface area contributed by atoms with Crippen molar-refractivity contribution in [1.29, 1.82) is 0 Å². The highest BCUT2D eigenvalue weighted by molar-refractivity contribution is 5.94. The molecule has 0 aromatic heterocycles. The van der Waals surface area contributed by atoms with Gasteiger partial charge in [0.15, 0.2) is 5.78 Å². The van der Waals surface area contributed by atoms with E-state index < -0.39 is 5.97 Å².